The molecule has 200 valence electrons. The van der Waals surface area contributed by atoms with Crippen LogP contribution >= 0.6 is 0 Å². The number of halogens is 3. The molecular formula is C29H30F3N3O3. The van der Waals surface area contributed by atoms with Crippen molar-refractivity contribution < 1.29 is 27.8 Å². The molecule has 2 heterocycles. The maximum Gasteiger partial charge on any atom is 0.416 e. The third-order valence-electron chi connectivity index (χ3n) is 7.16. The average molecular weight is 526 g/mol. The van der Waals surface area contributed by atoms with E-state index in [-0.39, 0.29) is 6.04 Å². The van der Waals surface area contributed by atoms with Gasteiger partial charge in [0.05, 0.1) is 11.6 Å². The van der Waals surface area contributed by atoms with Crippen molar-refractivity contribution in [1.82, 2.24) is 16.0 Å². The third kappa shape index (κ3) is 6.18. The Kier molecular flexibility index (Phi) is 7.69. The number of hydrogen-bond acceptors (Lipinski definition) is 5. The molecule has 38 heavy (non-hydrogen) atoms. The number of amides is 1. The molecule has 3 aromatic rings. The minimum atomic E-state index is -4.37. The Morgan fingerprint density at radius 1 is 0.974 bits per heavy atom. The molecule has 0 saturated carbocycles. The lowest BCUT2D eigenvalue weighted by molar-refractivity contribution is -0.137. The number of fused-ring (bicyclic) bond motifs is 1. The molecule has 0 aromatic heterocycles. The maximum atomic E-state index is 12.8. The van der Waals surface area contributed by atoms with Gasteiger partial charge in [-0.1, -0.05) is 54.6 Å². The first kappa shape index (κ1) is 26.2. The van der Waals surface area contributed by atoms with Crippen molar-refractivity contribution in [3.05, 3.63) is 94.5 Å². The lowest BCUT2D eigenvalue weighted by atomic mass is 9.98. The molecule has 1 fully saturated rings. The quantitative estimate of drug-likeness (QED) is 0.388. The lowest BCUT2D eigenvalue weighted by Gasteiger charge is -2.22. The number of β-amino-alcohol motifs (C(OH)–C–C–N with tert-alkyl or cyclic N) is 1. The highest BCUT2D eigenvalue weighted by Crippen LogP contribution is 2.31. The van der Waals surface area contributed by atoms with Gasteiger partial charge in [0, 0.05) is 19.6 Å². The SMILES string of the molecule is O=C(NCc1ccc2c(c1)CCNC2)O[C@@H]1[C@@H](O)CN[C@@H]1Cc1ccc(-c2ccc(C(F)(F)F)cc2)cc1. The second-order valence-electron chi connectivity index (χ2n) is 9.81. The van der Waals surface area contributed by atoms with Crippen LogP contribution in [-0.2, 0) is 36.8 Å². The number of ether oxygens (including phenoxy) is 1. The fourth-order valence-corrected chi connectivity index (χ4v) is 5.04. The monoisotopic (exact) mass is 525 g/mol. The predicted molar refractivity (Wildman–Crippen MR) is 137 cm³/mol. The summed E-state index contributed by atoms with van der Waals surface area (Å²) in [6.07, 6.45) is -5.01. The van der Waals surface area contributed by atoms with Crippen molar-refractivity contribution in [2.45, 2.75) is 50.4 Å². The molecule has 0 unspecified atom stereocenters. The first-order chi connectivity index (χ1) is 18.3. The van der Waals surface area contributed by atoms with Crippen LogP contribution in [0.4, 0.5) is 18.0 Å². The fourth-order valence-electron chi connectivity index (χ4n) is 5.04. The van der Waals surface area contributed by atoms with Crippen molar-refractivity contribution >= 4 is 6.09 Å². The minimum absolute atomic E-state index is 0.274. The Hall–Kier alpha value is -3.40. The Balaban J connectivity index is 1.16. The number of carbonyl (C=O) groups excluding carboxylic acids is 1. The van der Waals surface area contributed by atoms with Crippen LogP contribution in [-0.4, -0.2) is 42.5 Å². The number of carbonyl (C=O) groups is 1. The summed E-state index contributed by atoms with van der Waals surface area (Å²) in [7, 11) is 0. The molecule has 0 aliphatic carbocycles. The highest BCUT2D eigenvalue weighted by molar-refractivity contribution is 5.67. The normalized spacial score (nSPS) is 21.1. The van der Waals surface area contributed by atoms with E-state index in [1.54, 1.807) is 0 Å². The second kappa shape index (κ2) is 11.1. The van der Waals surface area contributed by atoms with Crippen molar-refractivity contribution in [1.29, 1.82) is 0 Å². The molecular weight excluding hydrogens is 495 g/mol. The number of nitrogens with one attached hydrogen (secondary N) is 3. The smallest absolute Gasteiger partial charge is 0.416 e. The maximum absolute atomic E-state index is 12.8. The number of benzene rings is 3. The topological polar surface area (TPSA) is 82.6 Å². The Morgan fingerprint density at radius 2 is 1.66 bits per heavy atom. The van der Waals surface area contributed by atoms with E-state index in [0.29, 0.717) is 25.1 Å². The summed E-state index contributed by atoms with van der Waals surface area (Å²) in [4.78, 5) is 12.5. The van der Waals surface area contributed by atoms with Gasteiger partial charge in [-0.3, -0.25) is 0 Å². The van der Waals surface area contributed by atoms with E-state index in [1.807, 2.05) is 30.3 Å². The van der Waals surface area contributed by atoms with Gasteiger partial charge in [0.15, 0.2) is 0 Å². The number of aliphatic hydroxyl groups is 1. The van der Waals surface area contributed by atoms with E-state index in [1.165, 1.54) is 23.3 Å². The number of hydrogen-bond donors (Lipinski definition) is 4. The summed E-state index contributed by atoms with van der Waals surface area (Å²) in [5, 5.41) is 19.8. The van der Waals surface area contributed by atoms with E-state index >= 15 is 0 Å². The van der Waals surface area contributed by atoms with Crippen molar-refractivity contribution in [2.24, 2.45) is 0 Å². The molecule has 2 aliphatic rings. The molecule has 5 rings (SSSR count). The number of rotatable bonds is 6. The summed E-state index contributed by atoms with van der Waals surface area (Å²) >= 11 is 0. The minimum Gasteiger partial charge on any atom is -0.442 e. The molecule has 1 saturated heterocycles. The number of alkyl halides is 3. The third-order valence-corrected chi connectivity index (χ3v) is 7.16. The van der Waals surface area contributed by atoms with Gasteiger partial charge in [0.25, 0.3) is 0 Å². The van der Waals surface area contributed by atoms with Gasteiger partial charge in [-0.2, -0.15) is 13.2 Å². The molecule has 4 N–H and O–H groups in total. The van der Waals surface area contributed by atoms with E-state index in [4.69, 9.17) is 4.74 Å². The van der Waals surface area contributed by atoms with Crippen LogP contribution in [0, 0.1) is 0 Å². The van der Waals surface area contributed by atoms with Crippen LogP contribution in [0.2, 0.25) is 0 Å². The number of aliphatic hydroxyl groups excluding tert-OH is 1. The molecule has 9 heteroatoms. The molecule has 0 bridgehead atoms. The van der Waals surface area contributed by atoms with Gasteiger partial charge in [-0.25, -0.2) is 4.79 Å². The van der Waals surface area contributed by atoms with Gasteiger partial charge in [-0.05, 0) is 64.9 Å². The largest absolute Gasteiger partial charge is 0.442 e. The number of alkyl carbamates (subject to hydrolysis) is 1. The zero-order valence-corrected chi connectivity index (χ0v) is 20.7. The Labute approximate surface area is 219 Å². The molecule has 2 aliphatic heterocycles. The van der Waals surface area contributed by atoms with Gasteiger partial charge in [0.2, 0.25) is 0 Å². The van der Waals surface area contributed by atoms with Crippen LogP contribution < -0.4 is 16.0 Å². The molecule has 6 nitrogen and oxygen atoms in total. The molecule has 0 radical (unpaired) electrons. The Morgan fingerprint density at radius 3 is 2.37 bits per heavy atom. The van der Waals surface area contributed by atoms with Crippen molar-refractivity contribution in [3.8, 4) is 11.1 Å². The summed E-state index contributed by atoms with van der Waals surface area (Å²) < 4.78 is 44.1. The van der Waals surface area contributed by atoms with E-state index in [9.17, 15) is 23.1 Å². The van der Waals surface area contributed by atoms with Crippen molar-refractivity contribution in [3.63, 3.8) is 0 Å². The fraction of sp³-hybridized carbons (Fsp3) is 0.345. The average Bonchev–Trinajstić information content (AvgIpc) is 3.25. The van der Waals surface area contributed by atoms with Gasteiger partial charge in [-0.15, -0.1) is 0 Å². The summed E-state index contributed by atoms with van der Waals surface area (Å²) in [6, 6.07) is 18.4. The van der Waals surface area contributed by atoms with Crippen LogP contribution in [0.25, 0.3) is 11.1 Å². The van der Waals surface area contributed by atoms with Crippen molar-refractivity contribution in [2.75, 3.05) is 13.1 Å². The van der Waals surface area contributed by atoms with Crippen LogP contribution in [0.1, 0.15) is 27.8 Å². The summed E-state index contributed by atoms with van der Waals surface area (Å²) in [5.74, 6) is 0. The first-order valence-electron chi connectivity index (χ1n) is 12.7. The Bertz CT molecular complexity index is 1260. The highest BCUT2D eigenvalue weighted by Gasteiger charge is 2.37. The van der Waals surface area contributed by atoms with Crippen LogP contribution in [0.3, 0.4) is 0 Å². The highest BCUT2D eigenvalue weighted by atomic mass is 19.4. The van der Waals surface area contributed by atoms with E-state index in [2.05, 4.69) is 28.1 Å². The molecule has 0 spiro atoms. The summed E-state index contributed by atoms with van der Waals surface area (Å²) in [5.41, 5.74) is 5.32. The van der Waals surface area contributed by atoms with Crippen LogP contribution in [0.5, 0.6) is 0 Å². The van der Waals surface area contributed by atoms with E-state index < -0.39 is 30.0 Å². The van der Waals surface area contributed by atoms with Gasteiger partial charge in [0.1, 0.15) is 12.2 Å². The van der Waals surface area contributed by atoms with Crippen LogP contribution in [0.15, 0.2) is 66.7 Å². The van der Waals surface area contributed by atoms with Gasteiger partial charge >= 0.3 is 12.3 Å². The zero-order valence-electron chi connectivity index (χ0n) is 20.7. The standard InChI is InChI=1S/C29H30F3N3O3/c30-29(31,32)24-9-7-21(8-10-24)20-4-1-18(2-5-20)14-25-27(26(36)17-34-25)38-28(37)35-15-19-3-6-23-16-33-12-11-22(23)13-19/h1-10,13,25-27,33-34,36H,11-12,14-17H2,(H,35,37)/t25-,26+,27+/m1/s1. The molecule has 3 aromatic carbocycles. The second-order valence-corrected chi connectivity index (χ2v) is 9.81. The summed E-state index contributed by atoms with van der Waals surface area (Å²) in [6.45, 7) is 2.45. The lowest BCUT2D eigenvalue weighted by Crippen LogP contribution is -2.41. The van der Waals surface area contributed by atoms with Gasteiger partial charge < -0.3 is 25.8 Å². The molecule has 1 amide bonds. The zero-order chi connectivity index (χ0) is 26.7. The van der Waals surface area contributed by atoms with E-state index in [0.717, 1.165) is 48.3 Å². The molecule has 3 atom stereocenters. The first-order valence-corrected chi connectivity index (χ1v) is 12.7. The predicted octanol–water partition coefficient (Wildman–Crippen LogP) is 4.19.